The van der Waals surface area contributed by atoms with Crippen LogP contribution in [0, 0.1) is 0 Å². The molecule has 0 rings (SSSR count). The van der Waals surface area contributed by atoms with Crippen molar-refractivity contribution < 1.29 is 40.9 Å². The lowest BCUT2D eigenvalue weighted by Crippen LogP contribution is -2.52. The molecule has 0 heterocycles. The van der Waals surface area contributed by atoms with E-state index in [2.05, 4.69) is 12.7 Å². The van der Waals surface area contributed by atoms with Crippen LogP contribution in [0.5, 0.6) is 0 Å². The zero-order chi connectivity index (χ0) is 14.7. The second-order valence-corrected chi connectivity index (χ2v) is 3.58. The summed E-state index contributed by atoms with van der Waals surface area (Å²) in [5.41, 5.74) is 3.68. The number of unbranched alkanes of at least 4 members (excludes halogenated alkanes) is 1. The van der Waals surface area contributed by atoms with Crippen molar-refractivity contribution in [1.29, 1.82) is 0 Å². The van der Waals surface area contributed by atoms with Crippen molar-refractivity contribution in [3.63, 3.8) is 0 Å². The predicted molar refractivity (Wildman–Crippen MR) is 57.8 cm³/mol. The first-order valence-corrected chi connectivity index (χ1v) is 5.51. The van der Waals surface area contributed by atoms with Crippen molar-refractivity contribution in [3.8, 4) is 0 Å². The van der Waals surface area contributed by atoms with Crippen LogP contribution in [0.2, 0.25) is 0 Å². The molecule has 0 spiro atoms. The third kappa shape index (κ3) is 8.09. The molecule has 0 aromatic carbocycles. The fraction of sp³-hybridized carbons (Fsp3) is 0.800. The molecular weight excluding hydrogens is 246 g/mol. The summed E-state index contributed by atoms with van der Waals surface area (Å²) in [6, 6.07) is 0. The molecular formula is C10H21NO7. The molecule has 8 heteroatoms. The summed E-state index contributed by atoms with van der Waals surface area (Å²) in [6.07, 6.45) is -6.09. The van der Waals surface area contributed by atoms with Crippen LogP contribution < -0.4 is 10.8 Å². The number of carboxylic acids is 1. The maximum atomic E-state index is 9.95. The highest BCUT2D eigenvalue weighted by molar-refractivity contribution is 5.70. The van der Waals surface area contributed by atoms with Gasteiger partial charge in [-0.3, -0.25) is 0 Å². The number of carboxylic acid groups (broad SMARTS) is 1. The van der Waals surface area contributed by atoms with Crippen molar-refractivity contribution >= 4 is 12.3 Å². The molecule has 4 atom stereocenters. The van der Waals surface area contributed by atoms with Gasteiger partial charge in [0.05, 0.1) is 12.5 Å². The van der Waals surface area contributed by atoms with Crippen LogP contribution in [0.3, 0.4) is 0 Å². The first-order chi connectivity index (χ1) is 8.33. The van der Waals surface area contributed by atoms with Crippen LogP contribution in [0.15, 0.2) is 0 Å². The quantitative estimate of drug-likeness (QED) is 0.289. The smallest absolute Gasteiger partial charge is 0.151 e. The van der Waals surface area contributed by atoms with Crippen LogP contribution >= 0.6 is 0 Å². The van der Waals surface area contributed by atoms with Crippen molar-refractivity contribution in [2.45, 2.75) is 44.2 Å². The number of aliphatic carboxylic acids is 1. The minimum atomic E-state index is -2.36. The van der Waals surface area contributed by atoms with Gasteiger partial charge in [0.2, 0.25) is 0 Å². The van der Waals surface area contributed by atoms with Gasteiger partial charge >= 0.3 is 0 Å². The summed E-state index contributed by atoms with van der Waals surface area (Å²) in [7, 11) is 0. The Morgan fingerprint density at radius 3 is 2.00 bits per heavy atom. The molecule has 0 aliphatic heterocycles. The highest BCUT2D eigenvalue weighted by atomic mass is 16.4. The van der Waals surface area contributed by atoms with Crippen LogP contribution in [-0.2, 0) is 9.59 Å². The lowest BCUT2D eigenvalue weighted by Gasteiger charge is -2.24. The monoisotopic (exact) mass is 267 g/mol. The molecule has 0 aromatic heterocycles. The first kappa shape index (κ1) is 19.3. The van der Waals surface area contributed by atoms with Gasteiger partial charge in [-0.25, -0.2) is 0 Å². The van der Waals surface area contributed by atoms with E-state index in [-0.39, 0.29) is 6.29 Å². The van der Waals surface area contributed by atoms with E-state index in [4.69, 9.17) is 20.4 Å². The van der Waals surface area contributed by atoms with Crippen molar-refractivity contribution in [2.24, 2.45) is 0 Å². The number of carbonyl (C=O) groups is 2. The van der Waals surface area contributed by atoms with E-state index < -0.39 is 30.4 Å². The van der Waals surface area contributed by atoms with Crippen LogP contribution in [-0.4, -0.2) is 63.6 Å². The molecule has 0 saturated carbocycles. The summed E-state index contributed by atoms with van der Waals surface area (Å²) in [5.74, 6) is -2.01. The first-order valence-electron chi connectivity index (χ1n) is 5.51. The Kier molecular flexibility index (Phi) is 11.8. The summed E-state index contributed by atoms with van der Waals surface area (Å²) in [6.45, 7) is 3.27. The van der Waals surface area contributed by atoms with E-state index in [0.717, 1.165) is 6.54 Å². The molecule has 0 fully saturated rings. The van der Waals surface area contributed by atoms with Gasteiger partial charge in [-0.1, -0.05) is 13.3 Å². The third-order valence-electron chi connectivity index (χ3n) is 2.01. The van der Waals surface area contributed by atoms with Crippen molar-refractivity contribution in [1.82, 2.24) is 0 Å². The van der Waals surface area contributed by atoms with Crippen molar-refractivity contribution in [2.75, 3.05) is 6.54 Å². The lowest BCUT2D eigenvalue weighted by molar-refractivity contribution is -0.368. The van der Waals surface area contributed by atoms with Gasteiger partial charge in [-0.15, -0.1) is 0 Å². The highest BCUT2D eigenvalue weighted by Gasteiger charge is 2.30. The minimum absolute atomic E-state index is 0.101. The number of aldehydes is 1. The predicted octanol–water partition coefficient (Wildman–Crippen LogP) is -4.59. The average Bonchev–Trinajstić information content (AvgIpc) is 2.36. The van der Waals surface area contributed by atoms with Gasteiger partial charge in [0.1, 0.15) is 24.4 Å². The zero-order valence-electron chi connectivity index (χ0n) is 10.2. The van der Waals surface area contributed by atoms with E-state index in [1.54, 1.807) is 0 Å². The third-order valence-corrected chi connectivity index (χ3v) is 2.01. The second kappa shape index (κ2) is 11.1. The Hall–Kier alpha value is -1.06. The van der Waals surface area contributed by atoms with E-state index in [9.17, 15) is 14.7 Å². The van der Waals surface area contributed by atoms with E-state index in [1.807, 2.05) is 0 Å². The Balaban J connectivity index is 0. The molecule has 0 radical (unpaired) electrons. The standard InChI is InChI=1S/C6H10O7.C4H11N/c7-1-2(8)3(9)4(10)5(11)6(12)13;1-2-3-4-5/h1-5,8-11H,(H,12,13);2-5H2,1H3/t2-,3+,4-,5-;/m0./s1. The normalized spacial score (nSPS) is 16.8. The van der Waals surface area contributed by atoms with Gasteiger partial charge in [0.25, 0.3) is 0 Å². The molecule has 7 N–H and O–H groups in total. The maximum absolute atomic E-state index is 9.95. The van der Waals surface area contributed by atoms with Crippen molar-refractivity contribution in [3.05, 3.63) is 0 Å². The molecule has 108 valence electrons. The van der Waals surface area contributed by atoms with Gasteiger partial charge in [0.15, 0.2) is 6.29 Å². The average molecular weight is 267 g/mol. The number of aliphatic hydroxyl groups is 4. The van der Waals surface area contributed by atoms with Gasteiger partial charge in [-0.2, -0.15) is 0 Å². The molecule has 8 nitrogen and oxygen atoms in total. The Labute approximate surface area is 105 Å². The zero-order valence-corrected chi connectivity index (χ0v) is 10.2. The fourth-order valence-corrected chi connectivity index (χ4v) is 0.859. The number of carbonyl (C=O) groups excluding carboxylic acids is 2. The van der Waals surface area contributed by atoms with E-state index in [0.29, 0.717) is 0 Å². The molecule has 0 aromatic rings. The number of rotatable bonds is 7. The van der Waals surface area contributed by atoms with Gasteiger partial charge in [0, 0.05) is 0 Å². The number of quaternary nitrogens is 1. The molecule has 18 heavy (non-hydrogen) atoms. The van der Waals surface area contributed by atoms with E-state index in [1.165, 1.54) is 12.8 Å². The minimum Gasteiger partial charge on any atom is -0.547 e. The van der Waals surface area contributed by atoms with Crippen LogP contribution in [0.1, 0.15) is 19.8 Å². The Bertz CT molecular complexity index is 234. The molecule has 0 amide bonds. The SMILES string of the molecule is CCCC[NH3+].O=C[C@H](O)[C@@H](O)[C@H](O)[C@H](O)C(=O)[O-]. The van der Waals surface area contributed by atoms with Crippen LogP contribution in [0.4, 0.5) is 0 Å². The molecule has 0 aliphatic carbocycles. The largest absolute Gasteiger partial charge is 0.547 e. The summed E-state index contributed by atoms with van der Waals surface area (Å²) in [4.78, 5) is 19.8. The molecule has 0 bridgehead atoms. The number of hydrogen-bond donors (Lipinski definition) is 5. The van der Waals surface area contributed by atoms with Crippen LogP contribution in [0.25, 0.3) is 0 Å². The maximum Gasteiger partial charge on any atom is 0.151 e. The molecule has 0 saturated heterocycles. The number of hydrogen-bond acceptors (Lipinski definition) is 7. The molecule has 0 aliphatic rings. The number of aliphatic hydroxyl groups excluding tert-OH is 4. The van der Waals surface area contributed by atoms with Gasteiger partial charge in [-0.05, 0) is 6.42 Å². The Morgan fingerprint density at radius 1 is 1.28 bits per heavy atom. The summed E-state index contributed by atoms with van der Waals surface area (Å²) < 4.78 is 0. The lowest BCUT2D eigenvalue weighted by atomic mass is 10.0. The summed E-state index contributed by atoms with van der Waals surface area (Å²) >= 11 is 0. The highest BCUT2D eigenvalue weighted by Crippen LogP contribution is 2.03. The second-order valence-electron chi connectivity index (χ2n) is 3.58. The van der Waals surface area contributed by atoms with Gasteiger partial charge < -0.3 is 40.9 Å². The molecule has 0 unspecified atom stereocenters. The Morgan fingerprint density at radius 2 is 1.78 bits per heavy atom. The fourth-order valence-electron chi connectivity index (χ4n) is 0.859. The van der Waals surface area contributed by atoms with E-state index >= 15 is 0 Å². The summed E-state index contributed by atoms with van der Waals surface area (Å²) in [5, 5.41) is 44.8. The topological polar surface area (TPSA) is 166 Å².